The second-order valence-electron chi connectivity index (χ2n) is 5.12. The minimum Gasteiger partial charge on any atom is -0.507 e. The van der Waals surface area contributed by atoms with Crippen molar-refractivity contribution >= 4 is 19.2 Å². The van der Waals surface area contributed by atoms with Crippen LogP contribution >= 0.6 is 8.58 Å². The molecule has 1 unspecified atom stereocenters. The fraction of sp³-hybridized carbons (Fsp3) is 0.0526. The van der Waals surface area contributed by atoms with Crippen LogP contribution in [-0.4, -0.2) is 5.11 Å². The van der Waals surface area contributed by atoms with Crippen LogP contribution in [-0.2, 0) is 6.42 Å². The summed E-state index contributed by atoms with van der Waals surface area (Å²) in [6.45, 7) is 0. The zero-order chi connectivity index (χ0) is 15.4. The molecule has 3 rings (SSSR count). The Kier molecular flexibility index (Phi) is 4.50. The van der Waals surface area contributed by atoms with Gasteiger partial charge in [-0.25, -0.2) is 4.39 Å². The summed E-state index contributed by atoms with van der Waals surface area (Å²) in [5.74, 6) is -0.00732. The Labute approximate surface area is 131 Å². The second kappa shape index (κ2) is 6.72. The van der Waals surface area contributed by atoms with E-state index in [1.807, 2.05) is 36.4 Å². The molecule has 0 bridgehead atoms. The summed E-state index contributed by atoms with van der Waals surface area (Å²) in [6, 6.07) is 22.4. The largest absolute Gasteiger partial charge is 0.507 e. The van der Waals surface area contributed by atoms with Crippen LogP contribution in [0.15, 0.2) is 72.8 Å². The lowest BCUT2D eigenvalue weighted by atomic mass is 10.1. The maximum atomic E-state index is 13.8. The fourth-order valence-electron chi connectivity index (χ4n) is 2.33. The Morgan fingerprint density at radius 1 is 0.773 bits per heavy atom. The highest BCUT2D eigenvalue weighted by Crippen LogP contribution is 2.22. The van der Waals surface area contributed by atoms with Gasteiger partial charge in [-0.15, -0.1) is 0 Å². The van der Waals surface area contributed by atoms with Gasteiger partial charge < -0.3 is 5.11 Å². The normalized spacial score (nSPS) is 11.1. The number of hydrogen-bond acceptors (Lipinski definition) is 1. The van der Waals surface area contributed by atoms with Gasteiger partial charge in [0.05, 0.1) is 0 Å². The Bertz CT molecular complexity index is 771. The number of phenolic OH excluding ortho intramolecular Hbond substituents is 1. The molecule has 0 heterocycles. The number of halogens is 1. The number of aromatic hydroxyl groups is 1. The maximum absolute atomic E-state index is 13.8. The first kappa shape index (κ1) is 14.7. The van der Waals surface area contributed by atoms with Crippen LogP contribution in [0.5, 0.6) is 5.75 Å². The third kappa shape index (κ3) is 3.52. The van der Waals surface area contributed by atoms with Gasteiger partial charge in [0.2, 0.25) is 0 Å². The molecule has 0 spiro atoms. The summed E-state index contributed by atoms with van der Waals surface area (Å²) in [7, 11) is 0.107. The molecule has 22 heavy (non-hydrogen) atoms. The molecular formula is C19H16FOP. The van der Waals surface area contributed by atoms with Gasteiger partial charge >= 0.3 is 0 Å². The van der Waals surface area contributed by atoms with Gasteiger partial charge in [-0.3, -0.25) is 0 Å². The summed E-state index contributed by atoms with van der Waals surface area (Å²) in [5.41, 5.74) is 2.33. The Morgan fingerprint density at radius 3 is 2.27 bits per heavy atom. The predicted molar refractivity (Wildman–Crippen MR) is 91.3 cm³/mol. The summed E-state index contributed by atoms with van der Waals surface area (Å²) in [4.78, 5) is 0. The molecule has 0 radical (unpaired) electrons. The van der Waals surface area contributed by atoms with Crippen molar-refractivity contribution in [2.45, 2.75) is 6.42 Å². The third-order valence-electron chi connectivity index (χ3n) is 3.46. The van der Waals surface area contributed by atoms with E-state index >= 15 is 0 Å². The summed E-state index contributed by atoms with van der Waals surface area (Å²) in [6.07, 6.45) is 0.801. The first-order chi connectivity index (χ1) is 10.7. The number of benzene rings is 3. The standard InChI is InChI=1S/C19H16FOP/c20-16-8-4-5-9-18(16)22-19-13-15(10-11-17(19)21)12-14-6-2-1-3-7-14/h1-11,13,21-22H,12H2. The monoisotopic (exact) mass is 310 g/mol. The van der Waals surface area contributed by atoms with Crippen molar-refractivity contribution in [2.75, 3.05) is 0 Å². The van der Waals surface area contributed by atoms with Crippen molar-refractivity contribution in [2.24, 2.45) is 0 Å². The van der Waals surface area contributed by atoms with Crippen LogP contribution in [0.2, 0.25) is 0 Å². The highest BCUT2D eigenvalue weighted by molar-refractivity contribution is 7.55. The summed E-state index contributed by atoms with van der Waals surface area (Å²) >= 11 is 0. The minimum absolute atomic E-state index is 0.107. The Morgan fingerprint density at radius 2 is 1.50 bits per heavy atom. The molecule has 0 saturated heterocycles. The van der Waals surface area contributed by atoms with Crippen molar-refractivity contribution < 1.29 is 9.50 Å². The lowest BCUT2D eigenvalue weighted by Crippen LogP contribution is -2.08. The summed E-state index contributed by atoms with van der Waals surface area (Å²) in [5, 5.41) is 11.4. The highest BCUT2D eigenvalue weighted by Gasteiger charge is 2.08. The van der Waals surface area contributed by atoms with E-state index in [-0.39, 0.29) is 20.1 Å². The quantitative estimate of drug-likeness (QED) is 0.728. The SMILES string of the molecule is Oc1ccc(Cc2ccccc2)cc1Pc1ccccc1F. The van der Waals surface area contributed by atoms with Gasteiger partial charge in [-0.05, 0) is 35.7 Å². The van der Waals surface area contributed by atoms with E-state index in [1.54, 1.807) is 18.2 Å². The van der Waals surface area contributed by atoms with E-state index < -0.39 is 0 Å². The van der Waals surface area contributed by atoms with Gasteiger partial charge in [-0.1, -0.05) is 63.2 Å². The van der Waals surface area contributed by atoms with Gasteiger partial charge in [0, 0.05) is 10.6 Å². The van der Waals surface area contributed by atoms with Crippen molar-refractivity contribution in [1.29, 1.82) is 0 Å². The minimum atomic E-state index is -0.228. The molecule has 3 aromatic rings. The van der Waals surface area contributed by atoms with Crippen LogP contribution in [0.1, 0.15) is 11.1 Å². The van der Waals surface area contributed by atoms with E-state index in [4.69, 9.17) is 0 Å². The molecule has 0 aliphatic heterocycles. The van der Waals surface area contributed by atoms with Gasteiger partial charge in [0.1, 0.15) is 11.6 Å². The number of phenols is 1. The van der Waals surface area contributed by atoms with Gasteiger partial charge in [-0.2, -0.15) is 0 Å². The smallest absolute Gasteiger partial charge is 0.130 e. The number of hydrogen-bond donors (Lipinski definition) is 1. The average Bonchev–Trinajstić information content (AvgIpc) is 2.54. The average molecular weight is 310 g/mol. The van der Waals surface area contributed by atoms with Crippen LogP contribution in [0, 0.1) is 5.82 Å². The Balaban J connectivity index is 1.86. The molecule has 1 nitrogen and oxygen atoms in total. The fourth-order valence-corrected chi connectivity index (χ4v) is 3.47. The van der Waals surface area contributed by atoms with Crippen molar-refractivity contribution in [3.05, 3.63) is 89.7 Å². The Hall–Kier alpha value is -2.18. The topological polar surface area (TPSA) is 20.2 Å². The van der Waals surface area contributed by atoms with Crippen LogP contribution in [0.25, 0.3) is 0 Å². The molecule has 110 valence electrons. The molecule has 3 aromatic carbocycles. The maximum Gasteiger partial charge on any atom is 0.130 e. The molecule has 0 aliphatic rings. The van der Waals surface area contributed by atoms with Crippen molar-refractivity contribution in [3.8, 4) is 5.75 Å². The first-order valence-electron chi connectivity index (χ1n) is 7.10. The molecule has 3 heteroatoms. The molecule has 0 aromatic heterocycles. The number of rotatable bonds is 4. The van der Waals surface area contributed by atoms with E-state index in [2.05, 4.69) is 12.1 Å². The molecule has 0 saturated carbocycles. The first-order valence-corrected chi connectivity index (χ1v) is 8.10. The van der Waals surface area contributed by atoms with E-state index in [1.165, 1.54) is 11.6 Å². The molecule has 0 aliphatic carbocycles. The van der Waals surface area contributed by atoms with Crippen molar-refractivity contribution in [1.82, 2.24) is 0 Å². The third-order valence-corrected chi connectivity index (χ3v) is 4.80. The zero-order valence-electron chi connectivity index (χ0n) is 12.0. The molecule has 0 fully saturated rings. The molecule has 0 amide bonds. The van der Waals surface area contributed by atoms with Crippen LogP contribution in [0.3, 0.4) is 0 Å². The lowest BCUT2D eigenvalue weighted by Gasteiger charge is -2.09. The van der Waals surface area contributed by atoms with E-state index in [0.29, 0.717) is 5.30 Å². The highest BCUT2D eigenvalue weighted by atomic mass is 31.1. The van der Waals surface area contributed by atoms with Gasteiger partial charge in [0.25, 0.3) is 0 Å². The van der Waals surface area contributed by atoms with Gasteiger partial charge in [0.15, 0.2) is 0 Å². The predicted octanol–water partition coefficient (Wildman–Crippen LogP) is 3.75. The summed E-state index contributed by atoms with van der Waals surface area (Å²) < 4.78 is 13.8. The van der Waals surface area contributed by atoms with Crippen LogP contribution < -0.4 is 10.6 Å². The zero-order valence-corrected chi connectivity index (χ0v) is 13.0. The second-order valence-corrected chi connectivity index (χ2v) is 6.45. The van der Waals surface area contributed by atoms with Crippen molar-refractivity contribution in [3.63, 3.8) is 0 Å². The molecular weight excluding hydrogens is 294 g/mol. The van der Waals surface area contributed by atoms with Crippen LogP contribution in [0.4, 0.5) is 4.39 Å². The molecule has 1 atom stereocenters. The van der Waals surface area contributed by atoms with E-state index in [0.717, 1.165) is 17.3 Å². The molecule has 1 N–H and O–H groups in total. The van der Waals surface area contributed by atoms with E-state index in [9.17, 15) is 9.50 Å². The lowest BCUT2D eigenvalue weighted by molar-refractivity contribution is 0.479.